The van der Waals surface area contributed by atoms with Crippen LogP contribution in [-0.4, -0.2) is 53.6 Å². The summed E-state index contributed by atoms with van der Waals surface area (Å²) < 4.78 is 35.1. The van der Waals surface area contributed by atoms with Crippen molar-refractivity contribution in [3.63, 3.8) is 0 Å². The molecule has 192 valence electrons. The molecule has 0 radical (unpaired) electrons. The maximum atomic E-state index is 13.1. The van der Waals surface area contributed by atoms with Gasteiger partial charge < -0.3 is 20.1 Å². The molecule has 0 bridgehead atoms. The number of hydrogen-bond acceptors (Lipinski definition) is 8. The number of hydrogen-bond donors (Lipinski definition) is 3. The van der Waals surface area contributed by atoms with Crippen LogP contribution >= 0.6 is 0 Å². The van der Waals surface area contributed by atoms with Crippen LogP contribution in [0.2, 0.25) is 0 Å². The lowest BCUT2D eigenvalue weighted by molar-refractivity contribution is -0.123. The molecule has 2 aromatic carbocycles. The molecule has 37 heavy (non-hydrogen) atoms. The van der Waals surface area contributed by atoms with Crippen molar-refractivity contribution >= 4 is 29.3 Å². The first-order chi connectivity index (χ1) is 17.8. The normalized spacial score (nSPS) is 15.2. The van der Waals surface area contributed by atoms with E-state index in [0.29, 0.717) is 18.1 Å². The third kappa shape index (κ3) is 7.94. The number of aromatic nitrogens is 2. The molecule has 1 amide bonds. The number of nitrogens with one attached hydrogen (secondary N) is 1. The van der Waals surface area contributed by atoms with Gasteiger partial charge in [-0.1, -0.05) is 43.2 Å². The van der Waals surface area contributed by atoms with Crippen molar-refractivity contribution < 1.29 is 28.0 Å². The average molecular weight is 522 g/mol. The minimum atomic E-state index is -4.12. The van der Waals surface area contributed by atoms with E-state index in [-0.39, 0.29) is 17.2 Å². The summed E-state index contributed by atoms with van der Waals surface area (Å²) in [5, 5.41) is 22.1. The van der Waals surface area contributed by atoms with Gasteiger partial charge in [-0.3, -0.25) is 9.78 Å². The monoisotopic (exact) mass is 522 g/mol. The van der Waals surface area contributed by atoms with Gasteiger partial charge in [0.1, 0.15) is 5.75 Å². The molecule has 3 aromatic rings. The average Bonchev–Trinajstić information content (AvgIpc) is 3.72. The fraction of sp³-hybridized carbons (Fsp3) is 0.280. The molecule has 1 saturated carbocycles. The Morgan fingerprint density at radius 3 is 2.49 bits per heavy atom. The molecule has 0 spiro atoms. The van der Waals surface area contributed by atoms with Crippen molar-refractivity contribution in [2.45, 2.75) is 36.5 Å². The van der Waals surface area contributed by atoms with E-state index in [1.807, 2.05) is 30.3 Å². The van der Waals surface area contributed by atoms with E-state index in [2.05, 4.69) is 19.7 Å². The van der Waals surface area contributed by atoms with Gasteiger partial charge in [0.2, 0.25) is 11.8 Å². The Morgan fingerprint density at radius 2 is 1.86 bits per heavy atom. The molecule has 3 N–H and O–H groups in total. The first-order valence-corrected chi connectivity index (χ1v) is 13.3. The highest BCUT2D eigenvalue weighted by Crippen LogP contribution is 2.33. The van der Waals surface area contributed by atoms with Crippen LogP contribution in [0.5, 0.6) is 11.6 Å². The van der Waals surface area contributed by atoms with Gasteiger partial charge in [-0.2, -0.15) is 12.8 Å². The van der Waals surface area contributed by atoms with Gasteiger partial charge in [-0.25, -0.2) is 4.98 Å². The molecule has 1 fully saturated rings. The standard InChI is InChI=1S/C25H27BN4O6S/c31-25(30-23(26(32)33)15-19-6-7-19)20(14-18-4-2-1-3-5-18)16-29-37(34,35)22-10-8-21(9-11-22)36-24-17-27-12-13-28-24/h1-5,8-13,16-17,19-20,23,32-33H,6-7,14-15H2,(H,30,31)/t20?,23-/m0/s1. The number of amides is 1. The van der Waals surface area contributed by atoms with E-state index in [1.54, 1.807) is 0 Å². The summed E-state index contributed by atoms with van der Waals surface area (Å²) in [4.78, 5) is 20.9. The predicted molar refractivity (Wildman–Crippen MR) is 137 cm³/mol. The predicted octanol–water partition coefficient (Wildman–Crippen LogP) is 2.18. The molecule has 1 heterocycles. The molecule has 4 rings (SSSR count). The maximum absolute atomic E-state index is 13.1. The number of rotatable bonds is 12. The second kappa shape index (κ2) is 12.1. The largest absolute Gasteiger partial charge is 0.475 e. The Bertz CT molecular complexity index is 1300. The number of nitrogens with zero attached hydrogens (tertiary/aromatic N) is 3. The van der Waals surface area contributed by atoms with E-state index in [4.69, 9.17) is 4.74 Å². The zero-order valence-electron chi connectivity index (χ0n) is 19.9. The van der Waals surface area contributed by atoms with Gasteiger partial charge in [-0.05, 0) is 48.6 Å². The third-order valence-corrected chi connectivity index (χ3v) is 7.14. The van der Waals surface area contributed by atoms with Crippen LogP contribution in [0.4, 0.5) is 0 Å². The van der Waals surface area contributed by atoms with Crippen LogP contribution in [0.25, 0.3) is 0 Å². The summed E-state index contributed by atoms with van der Waals surface area (Å²) in [6.07, 6.45) is 8.10. The first kappa shape index (κ1) is 26.5. The zero-order valence-corrected chi connectivity index (χ0v) is 20.7. The van der Waals surface area contributed by atoms with Crippen molar-refractivity contribution in [1.29, 1.82) is 0 Å². The van der Waals surface area contributed by atoms with Crippen molar-refractivity contribution in [1.82, 2.24) is 15.3 Å². The lowest BCUT2D eigenvalue weighted by Gasteiger charge is -2.20. The second-order valence-corrected chi connectivity index (χ2v) is 10.5. The van der Waals surface area contributed by atoms with Gasteiger partial charge in [0.25, 0.3) is 10.0 Å². The quantitative estimate of drug-likeness (QED) is 0.242. The number of carbonyl (C=O) groups excluding carboxylic acids is 1. The van der Waals surface area contributed by atoms with E-state index >= 15 is 0 Å². The van der Waals surface area contributed by atoms with E-state index < -0.39 is 34.9 Å². The van der Waals surface area contributed by atoms with Crippen molar-refractivity contribution in [3.8, 4) is 11.6 Å². The summed E-state index contributed by atoms with van der Waals surface area (Å²) in [7, 11) is -5.83. The van der Waals surface area contributed by atoms with Crippen LogP contribution in [0.15, 0.2) is 82.5 Å². The number of sulfonamides is 1. The topological polar surface area (TPSA) is 151 Å². The number of ether oxygens (including phenoxy) is 1. The summed E-state index contributed by atoms with van der Waals surface area (Å²) in [5.41, 5.74) is 0.806. The van der Waals surface area contributed by atoms with Crippen LogP contribution in [0.3, 0.4) is 0 Å². The Morgan fingerprint density at radius 1 is 1.14 bits per heavy atom. The SMILES string of the molecule is O=C(N[C@@H](CC1CC1)B(O)O)C(C=NS(=O)(=O)c1ccc(Oc2cnccn2)cc1)Cc1ccccc1. The summed E-state index contributed by atoms with van der Waals surface area (Å²) in [5.74, 6) is -1.35. The highest BCUT2D eigenvalue weighted by molar-refractivity contribution is 7.90. The molecule has 1 aliphatic carbocycles. The lowest BCUT2D eigenvalue weighted by Crippen LogP contribution is -2.49. The third-order valence-electron chi connectivity index (χ3n) is 5.87. The molecule has 12 heteroatoms. The van der Waals surface area contributed by atoms with Gasteiger partial charge >= 0.3 is 7.12 Å². The molecule has 2 atom stereocenters. The van der Waals surface area contributed by atoms with E-state index in [9.17, 15) is 23.3 Å². The first-order valence-electron chi connectivity index (χ1n) is 11.8. The Kier molecular flexibility index (Phi) is 8.64. The van der Waals surface area contributed by atoms with Crippen LogP contribution in [-0.2, 0) is 21.2 Å². The van der Waals surface area contributed by atoms with Crippen LogP contribution in [0.1, 0.15) is 24.8 Å². The molecular formula is C25H27BN4O6S. The minimum Gasteiger partial charge on any atom is -0.438 e. The highest BCUT2D eigenvalue weighted by Gasteiger charge is 2.34. The fourth-order valence-electron chi connectivity index (χ4n) is 3.69. The van der Waals surface area contributed by atoms with Crippen molar-refractivity contribution in [2.75, 3.05) is 0 Å². The van der Waals surface area contributed by atoms with Crippen molar-refractivity contribution in [3.05, 3.63) is 78.8 Å². The Labute approximate surface area is 215 Å². The van der Waals surface area contributed by atoms with Crippen LogP contribution < -0.4 is 10.1 Å². The maximum Gasteiger partial charge on any atom is 0.475 e. The molecule has 1 aliphatic rings. The van der Waals surface area contributed by atoms with Gasteiger partial charge in [0, 0.05) is 18.6 Å². The lowest BCUT2D eigenvalue weighted by atomic mass is 9.76. The molecular weight excluding hydrogens is 495 g/mol. The van der Waals surface area contributed by atoms with Crippen LogP contribution in [0, 0.1) is 11.8 Å². The van der Waals surface area contributed by atoms with E-state index in [1.165, 1.54) is 42.9 Å². The molecule has 1 aromatic heterocycles. The smallest absolute Gasteiger partial charge is 0.438 e. The molecule has 1 unspecified atom stereocenters. The summed E-state index contributed by atoms with van der Waals surface area (Å²) in [6, 6.07) is 14.7. The number of carbonyl (C=O) groups is 1. The molecule has 0 saturated heterocycles. The van der Waals surface area contributed by atoms with Crippen molar-refractivity contribution in [2.24, 2.45) is 16.2 Å². The summed E-state index contributed by atoms with van der Waals surface area (Å²) >= 11 is 0. The second-order valence-electron chi connectivity index (χ2n) is 8.85. The Hall–Kier alpha value is -3.61. The van der Waals surface area contributed by atoms with Gasteiger partial charge in [0.15, 0.2) is 0 Å². The molecule has 0 aliphatic heterocycles. The van der Waals surface area contributed by atoms with Gasteiger partial charge in [-0.15, -0.1) is 0 Å². The van der Waals surface area contributed by atoms with E-state index in [0.717, 1.165) is 24.6 Å². The number of benzene rings is 2. The minimum absolute atomic E-state index is 0.0773. The fourth-order valence-corrected chi connectivity index (χ4v) is 4.60. The highest BCUT2D eigenvalue weighted by atomic mass is 32.2. The summed E-state index contributed by atoms with van der Waals surface area (Å²) in [6.45, 7) is 0. The van der Waals surface area contributed by atoms with Gasteiger partial charge in [0.05, 0.1) is 23.0 Å². The zero-order chi connectivity index (χ0) is 26.3. The Balaban J connectivity index is 1.49. The molecule has 10 nitrogen and oxygen atoms in total.